The lowest BCUT2D eigenvalue weighted by molar-refractivity contribution is 0.727. The molecule has 16 heavy (non-hydrogen) atoms. The van der Waals surface area contributed by atoms with Crippen molar-refractivity contribution in [1.82, 2.24) is 4.57 Å². The van der Waals surface area contributed by atoms with Crippen molar-refractivity contribution in [1.29, 1.82) is 0 Å². The molecule has 2 rings (SSSR count). The minimum Gasteiger partial charge on any atom is -0.346 e. The molecule has 1 aromatic heterocycles. The van der Waals surface area contributed by atoms with E-state index in [0.29, 0.717) is 12.5 Å². The number of aromatic nitrogens is 1. The van der Waals surface area contributed by atoms with Crippen molar-refractivity contribution >= 4 is 26.8 Å². The van der Waals surface area contributed by atoms with Gasteiger partial charge in [0.2, 0.25) is 0 Å². The summed E-state index contributed by atoms with van der Waals surface area (Å²) < 4.78 is 3.36. The summed E-state index contributed by atoms with van der Waals surface area (Å²) in [5, 5.41) is 1.34. The third-order valence-electron chi connectivity index (χ3n) is 2.87. The quantitative estimate of drug-likeness (QED) is 0.917. The molecule has 2 nitrogen and oxygen atoms in total. The molecule has 1 aromatic carbocycles. The summed E-state index contributed by atoms with van der Waals surface area (Å²) in [7, 11) is 0. The summed E-state index contributed by atoms with van der Waals surface area (Å²) in [5.74, 6) is 0.544. The first kappa shape index (κ1) is 11.7. The third-order valence-corrected chi connectivity index (χ3v) is 3.36. The van der Waals surface area contributed by atoms with Gasteiger partial charge in [-0.3, -0.25) is 0 Å². The highest BCUT2D eigenvalue weighted by Gasteiger charge is 2.10. The monoisotopic (exact) mass is 280 g/mol. The van der Waals surface area contributed by atoms with Gasteiger partial charge in [0.15, 0.2) is 0 Å². The normalized spacial score (nSPS) is 11.6. The molecule has 0 bridgehead atoms. The fraction of sp³-hybridized carbons (Fsp3) is 0.385. The Morgan fingerprint density at radius 3 is 2.75 bits per heavy atom. The van der Waals surface area contributed by atoms with Crippen LogP contribution in [0.5, 0.6) is 0 Å². The summed E-state index contributed by atoms with van der Waals surface area (Å²) in [5.41, 5.74) is 8.31. The van der Waals surface area contributed by atoms with Crippen LogP contribution in [0.15, 0.2) is 28.9 Å². The van der Waals surface area contributed by atoms with Crippen LogP contribution < -0.4 is 5.73 Å². The number of hydrogen-bond donors (Lipinski definition) is 1. The predicted octanol–water partition coefficient (Wildman–Crippen LogP) is 3.49. The van der Waals surface area contributed by atoms with Crippen molar-refractivity contribution in [3.63, 3.8) is 0 Å². The number of rotatable bonds is 3. The molecule has 0 aliphatic heterocycles. The second-order valence-electron chi connectivity index (χ2n) is 4.38. The largest absolute Gasteiger partial charge is 0.346 e. The van der Waals surface area contributed by atoms with Crippen LogP contribution in [0, 0.1) is 0 Å². The second-order valence-corrected chi connectivity index (χ2v) is 5.30. The van der Waals surface area contributed by atoms with E-state index in [1.54, 1.807) is 0 Å². The molecule has 86 valence electrons. The maximum absolute atomic E-state index is 5.64. The Labute approximate surface area is 105 Å². The zero-order chi connectivity index (χ0) is 11.7. The maximum Gasteiger partial charge on any atom is 0.0495 e. The van der Waals surface area contributed by atoms with Crippen LogP contribution in [0.2, 0.25) is 0 Å². The fourth-order valence-electron chi connectivity index (χ4n) is 2.08. The molecule has 0 aliphatic carbocycles. The van der Waals surface area contributed by atoms with Crippen molar-refractivity contribution in [3.8, 4) is 0 Å². The van der Waals surface area contributed by atoms with E-state index in [9.17, 15) is 0 Å². The van der Waals surface area contributed by atoms with E-state index in [1.165, 1.54) is 16.5 Å². The van der Waals surface area contributed by atoms with E-state index in [0.717, 1.165) is 11.0 Å². The molecule has 2 N–H and O–H groups in total. The van der Waals surface area contributed by atoms with Gasteiger partial charge in [-0.15, -0.1) is 0 Å². The number of nitrogens with zero attached hydrogens (tertiary/aromatic N) is 1. The maximum atomic E-state index is 5.64. The predicted molar refractivity (Wildman–Crippen MR) is 72.8 cm³/mol. The second kappa shape index (κ2) is 4.60. The topological polar surface area (TPSA) is 30.9 Å². The Morgan fingerprint density at radius 1 is 1.38 bits per heavy atom. The third kappa shape index (κ3) is 2.02. The van der Waals surface area contributed by atoms with Crippen LogP contribution >= 0.6 is 15.9 Å². The molecular weight excluding hydrogens is 264 g/mol. The molecule has 2 aromatic rings. The smallest absolute Gasteiger partial charge is 0.0495 e. The van der Waals surface area contributed by atoms with Gasteiger partial charge in [0.1, 0.15) is 0 Å². The summed E-state index contributed by atoms with van der Waals surface area (Å²) in [6.45, 7) is 6.00. The molecule has 1 heterocycles. The number of halogens is 1. The molecule has 0 fully saturated rings. The zero-order valence-corrected chi connectivity index (χ0v) is 11.3. The Bertz CT molecular complexity index is 500. The van der Waals surface area contributed by atoms with E-state index in [-0.39, 0.29) is 0 Å². The Hall–Kier alpha value is -0.800. The molecule has 0 aliphatic rings. The van der Waals surface area contributed by atoms with Crippen molar-refractivity contribution in [2.75, 3.05) is 6.54 Å². The molecule has 0 amide bonds. The van der Waals surface area contributed by atoms with E-state index in [2.05, 4.69) is 58.7 Å². The zero-order valence-electron chi connectivity index (χ0n) is 9.70. The fourth-order valence-corrected chi connectivity index (χ4v) is 2.43. The highest BCUT2D eigenvalue weighted by atomic mass is 79.9. The van der Waals surface area contributed by atoms with Crippen LogP contribution in [0.25, 0.3) is 10.9 Å². The van der Waals surface area contributed by atoms with Crippen LogP contribution in [-0.2, 0) is 6.54 Å². The van der Waals surface area contributed by atoms with Gasteiger partial charge in [-0.2, -0.15) is 0 Å². The van der Waals surface area contributed by atoms with E-state index in [1.807, 2.05) is 0 Å². The summed E-state index contributed by atoms with van der Waals surface area (Å²) >= 11 is 3.52. The standard InChI is InChI=1S/C13H17BrN2/c1-9(2)12-8-16(6-5-15)13-7-10(14)3-4-11(12)13/h3-4,7-9H,5-6,15H2,1-2H3. The van der Waals surface area contributed by atoms with Crippen molar-refractivity contribution in [2.45, 2.75) is 26.3 Å². The Kier molecular flexibility index (Phi) is 3.36. The molecule has 0 saturated heterocycles. The molecule has 0 radical (unpaired) electrons. The van der Waals surface area contributed by atoms with Crippen molar-refractivity contribution in [3.05, 3.63) is 34.4 Å². The summed E-state index contributed by atoms with van der Waals surface area (Å²) in [6, 6.07) is 6.44. The number of nitrogens with two attached hydrogens (primary N) is 1. The van der Waals surface area contributed by atoms with Crippen LogP contribution in [-0.4, -0.2) is 11.1 Å². The van der Waals surface area contributed by atoms with E-state index in [4.69, 9.17) is 5.73 Å². The van der Waals surface area contributed by atoms with E-state index < -0.39 is 0 Å². The van der Waals surface area contributed by atoms with Gasteiger partial charge in [0.25, 0.3) is 0 Å². The van der Waals surface area contributed by atoms with Crippen molar-refractivity contribution in [2.24, 2.45) is 5.73 Å². The van der Waals surface area contributed by atoms with Gasteiger partial charge in [-0.05, 0) is 23.6 Å². The lowest BCUT2D eigenvalue weighted by Gasteiger charge is -2.02. The van der Waals surface area contributed by atoms with Crippen LogP contribution in [0.4, 0.5) is 0 Å². The van der Waals surface area contributed by atoms with Gasteiger partial charge in [0.05, 0.1) is 0 Å². The SMILES string of the molecule is CC(C)c1cn(CCN)c2cc(Br)ccc12. The average Bonchev–Trinajstić information content (AvgIpc) is 2.58. The Balaban J connectivity index is 2.66. The van der Waals surface area contributed by atoms with Gasteiger partial charge in [-0.25, -0.2) is 0 Å². The first-order valence-corrected chi connectivity index (χ1v) is 6.41. The minimum absolute atomic E-state index is 0.544. The number of benzene rings is 1. The summed E-state index contributed by atoms with van der Waals surface area (Å²) in [6.07, 6.45) is 2.23. The average molecular weight is 281 g/mol. The van der Waals surface area contributed by atoms with Crippen LogP contribution in [0.3, 0.4) is 0 Å². The highest BCUT2D eigenvalue weighted by Crippen LogP contribution is 2.29. The van der Waals surface area contributed by atoms with E-state index >= 15 is 0 Å². The lowest BCUT2D eigenvalue weighted by atomic mass is 10.0. The first-order chi connectivity index (χ1) is 7.63. The van der Waals surface area contributed by atoms with Gasteiger partial charge in [0, 0.05) is 34.7 Å². The molecular formula is C13H17BrN2. The van der Waals surface area contributed by atoms with Gasteiger partial charge >= 0.3 is 0 Å². The molecule has 0 unspecified atom stereocenters. The van der Waals surface area contributed by atoms with Gasteiger partial charge < -0.3 is 10.3 Å². The van der Waals surface area contributed by atoms with Crippen LogP contribution in [0.1, 0.15) is 25.3 Å². The molecule has 3 heteroatoms. The number of hydrogen-bond acceptors (Lipinski definition) is 1. The highest BCUT2D eigenvalue weighted by molar-refractivity contribution is 9.10. The van der Waals surface area contributed by atoms with Gasteiger partial charge in [-0.1, -0.05) is 35.8 Å². The lowest BCUT2D eigenvalue weighted by Crippen LogP contribution is -2.08. The molecule has 0 spiro atoms. The summed E-state index contributed by atoms with van der Waals surface area (Å²) in [4.78, 5) is 0. The Morgan fingerprint density at radius 2 is 2.12 bits per heavy atom. The number of fused-ring (bicyclic) bond motifs is 1. The molecule has 0 saturated carbocycles. The minimum atomic E-state index is 0.544. The molecule has 0 atom stereocenters. The first-order valence-electron chi connectivity index (χ1n) is 5.62. The van der Waals surface area contributed by atoms with Crippen molar-refractivity contribution < 1.29 is 0 Å².